The number of phosphoric acid groups is 1. The summed E-state index contributed by atoms with van der Waals surface area (Å²) in [6, 6.07) is 0. The molecule has 0 aliphatic carbocycles. The number of hydrogen-bond acceptors (Lipinski definition) is 8. The second-order valence-electron chi connectivity index (χ2n) is 15.6. The number of unbranched alkanes of at least 4 members (excludes halogenated alkanes) is 27. The molecule has 0 aromatic carbocycles. The number of rotatable bonds is 44. The highest BCUT2D eigenvalue weighted by Gasteiger charge is 2.26. The fourth-order valence-electron chi connectivity index (χ4n) is 6.61. The van der Waals surface area contributed by atoms with Crippen molar-refractivity contribution in [2.75, 3.05) is 26.4 Å². The van der Waals surface area contributed by atoms with E-state index in [4.69, 9.17) is 24.3 Å². The molecule has 0 rings (SSSR count). The van der Waals surface area contributed by atoms with Gasteiger partial charge in [0, 0.05) is 19.4 Å². The summed E-state index contributed by atoms with van der Waals surface area (Å²) >= 11 is 0. The van der Waals surface area contributed by atoms with Crippen LogP contribution < -0.4 is 5.73 Å². The molecule has 2 atom stereocenters. The average Bonchev–Trinajstić information content (AvgIpc) is 3.18. The lowest BCUT2D eigenvalue weighted by Crippen LogP contribution is -2.29. The first kappa shape index (κ1) is 54.5. The highest BCUT2D eigenvalue weighted by molar-refractivity contribution is 7.47. The van der Waals surface area contributed by atoms with E-state index < -0.39 is 26.5 Å². The van der Waals surface area contributed by atoms with Crippen molar-refractivity contribution < 1.29 is 37.6 Å². The summed E-state index contributed by atoms with van der Waals surface area (Å²) < 4.78 is 32.8. The minimum absolute atomic E-state index is 0.0553. The number of nitrogens with two attached hydrogens (primary N) is 1. The van der Waals surface area contributed by atoms with Gasteiger partial charge in [0.05, 0.1) is 13.2 Å². The molecule has 0 aromatic heterocycles. The van der Waals surface area contributed by atoms with Crippen LogP contribution in [-0.4, -0.2) is 49.3 Å². The average molecular weight is 814 g/mol. The number of phosphoric ester groups is 1. The van der Waals surface area contributed by atoms with Gasteiger partial charge in [-0.2, -0.15) is 0 Å². The number of hydrogen-bond donors (Lipinski definition) is 2. The third-order valence-electron chi connectivity index (χ3n) is 10.1. The van der Waals surface area contributed by atoms with Crippen LogP contribution in [0.15, 0.2) is 24.3 Å². The number of carbonyl (C=O) groups excluding carboxylic acids is 2. The van der Waals surface area contributed by atoms with Gasteiger partial charge in [-0.05, 0) is 44.9 Å². The van der Waals surface area contributed by atoms with Crippen molar-refractivity contribution >= 4 is 19.8 Å². The summed E-state index contributed by atoms with van der Waals surface area (Å²) in [5, 5.41) is 0. The molecular weight excluding hydrogens is 725 g/mol. The predicted octanol–water partition coefficient (Wildman–Crippen LogP) is 13.6. The normalized spacial score (nSPS) is 13.4. The van der Waals surface area contributed by atoms with Gasteiger partial charge in [-0.15, -0.1) is 0 Å². The van der Waals surface area contributed by atoms with Crippen molar-refractivity contribution in [3.05, 3.63) is 24.3 Å². The Hall–Kier alpha value is -1.51. The Morgan fingerprint density at radius 3 is 1.36 bits per heavy atom. The lowest BCUT2D eigenvalue weighted by Gasteiger charge is -2.19. The van der Waals surface area contributed by atoms with Gasteiger partial charge in [-0.3, -0.25) is 18.6 Å². The van der Waals surface area contributed by atoms with Crippen molar-refractivity contribution in [2.45, 2.75) is 232 Å². The molecule has 2 unspecified atom stereocenters. The van der Waals surface area contributed by atoms with E-state index in [0.29, 0.717) is 6.42 Å². The van der Waals surface area contributed by atoms with Crippen LogP contribution in [0.25, 0.3) is 0 Å². The van der Waals surface area contributed by atoms with Gasteiger partial charge in [0.2, 0.25) is 0 Å². The third kappa shape index (κ3) is 42.1. The highest BCUT2D eigenvalue weighted by atomic mass is 31.2. The van der Waals surface area contributed by atoms with Gasteiger partial charge < -0.3 is 20.1 Å². The molecule has 0 aliphatic rings. The van der Waals surface area contributed by atoms with Crippen LogP contribution in [0.5, 0.6) is 0 Å². The molecule has 330 valence electrons. The molecule has 0 heterocycles. The second-order valence-corrected chi connectivity index (χ2v) is 17.1. The number of carbonyl (C=O) groups is 2. The Morgan fingerprint density at radius 2 is 0.929 bits per heavy atom. The summed E-state index contributed by atoms with van der Waals surface area (Å²) in [6.07, 6.45) is 46.5. The van der Waals surface area contributed by atoms with Crippen molar-refractivity contribution in [1.29, 1.82) is 0 Å². The van der Waals surface area contributed by atoms with Gasteiger partial charge >= 0.3 is 19.8 Å². The summed E-state index contributed by atoms with van der Waals surface area (Å²) in [5.74, 6) is -0.823. The second kappa shape index (κ2) is 43.1. The topological polar surface area (TPSA) is 134 Å². The summed E-state index contributed by atoms with van der Waals surface area (Å²) in [6.45, 7) is 3.73. The highest BCUT2D eigenvalue weighted by Crippen LogP contribution is 2.43. The first-order chi connectivity index (χ1) is 27.3. The zero-order valence-corrected chi connectivity index (χ0v) is 37.3. The van der Waals surface area contributed by atoms with E-state index in [1.54, 1.807) is 0 Å². The van der Waals surface area contributed by atoms with Crippen molar-refractivity contribution in [1.82, 2.24) is 0 Å². The molecule has 0 fully saturated rings. The largest absolute Gasteiger partial charge is 0.472 e. The smallest absolute Gasteiger partial charge is 0.462 e. The van der Waals surface area contributed by atoms with E-state index in [1.165, 1.54) is 148 Å². The zero-order chi connectivity index (χ0) is 41.1. The van der Waals surface area contributed by atoms with Crippen LogP contribution in [-0.2, 0) is 32.7 Å². The van der Waals surface area contributed by atoms with Gasteiger partial charge in [-0.1, -0.05) is 192 Å². The van der Waals surface area contributed by atoms with Gasteiger partial charge in [-0.25, -0.2) is 4.57 Å². The van der Waals surface area contributed by atoms with Crippen molar-refractivity contribution in [3.8, 4) is 0 Å². The van der Waals surface area contributed by atoms with E-state index in [-0.39, 0.29) is 38.6 Å². The summed E-state index contributed by atoms with van der Waals surface area (Å²) in [4.78, 5) is 34.8. The first-order valence-electron chi connectivity index (χ1n) is 23.3. The predicted molar refractivity (Wildman–Crippen MR) is 234 cm³/mol. The fourth-order valence-corrected chi connectivity index (χ4v) is 7.37. The lowest BCUT2D eigenvalue weighted by molar-refractivity contribution is -0.161. The number of ether oxygens (including phenoxy) is 2. The molecule has 0 bridgehead atoms. The van der Waals surface area contributed by atoms with Gasteiger partial charge in [0.15, 0.2) is 6.10 Å². The van der Waals surface area contributed by atoms with Crippen LogP contribution in [0, 0.1) is 0 Å². The molecular formula is C46H88NO8P. The fraction of sp³-hybridized carbons (Fsp3) is 0.870. The van der Waals surface area contributed by atoms with Crippen LogP contribution in [0.4, 0.5) is 0 Å². The summed E-state index contributed by atoms with van der Waals surface area (Å²) in [5.41, 5.74) is 5.35. The van der Waals surface area contributed by atoms with E-state index in [0.717, 1.165) is 44.9 Å². The Morgan fingerprint density at radius 1 is 0.536 bits per heavy atom. The molecule has 0 radical (unpaired) electrons. The Kier molecular flexibility index (Phi) is 41.9. The van der Waals surface area contributed by atoms with E-state index in [1.807, 2.05) is 0 Å². The maximum Gasteiger partial charge on any atom is 0.472 e. The molecule has 3 N–H and O–H groups in total. The van der Waals surface area contributed by atoms with Crippen LogP contribution in [0.1, 0.15) is 226 Å². The van der Waals surface area contributed by atoms with E-state index in [9.17, 15) is 19.0 Å². The van der Waals surface area contributed by atoms with E-state index in [2.05, 4.69) is 38.2 Å². The Bertz CT molecular complexity index is 975. The quantitative estimate of drug-likeness (QED) is 0.0267. The summed E-state index contributed by atoms with van der Waals surface area (Å²) in [7, 11) is -4.37. The maximum absolute atomic E-state index is 12.6. The Balaban J connectivity index is 3.97. The number of esters is 2. The van der Waals surface area contributed by atoms with Gasteiger partial charge in [0.25, 0.3) is 0 Å². The first-order valence-corrected chi connectivity index (χ1v) is 24.8. The van der Waals surface area contributed by atoms with Crippen molar-refractivity contribution in [3.63, 3.8) is 0 Å². The molecule has 0 saturated heterocycles. The minimum atomic E-state index is -4.37. The third-order valence-corrected chi connectivity index (χ3v) is 11.1. The van der Waals surface area contributed by atoms with E-state index >= 15 is 0 Å². The maximum atomic E-state index is 12.6. The molecule has 0 spiro atoms. The monoisotopic (exact) mass is 814 g/mol. The SMILES string of the molecule is CCCCCCC/C=C\C/C=C\CCCCCCCCCCCCCCCC(=O)OC(COC(=O)CCCCCCCCCCCC)COP(=O)(O)OCCN. The minimum Gasteiger partial charge on any atom is -0.462 e. The molecule has 0 aromatic rings. The number of allylic oxidation sites excluding steroid dienone is 4. The lowest BCUT2D eigenvalue weighted by atomic mass is 10.0. The van der Waals surface area contributed by atoms with Crippen molar-refractivity contribution in [2.24, 2.45) is 5.73 Å². The molecule has 10 heteroatoms. The Labute approximate surface area is 344 Å². The van der Waals surface area contributed by atoms with Gasteiger partial charge in [0.1, 0.15) is 6.61 Å². The van der Waals surface area contributed by atoms with Crippen LogP contribution in [0.3, 0.4) is 0 Å². The van der Waals surface area contributed by atoms with Crippen LogP contribution >= 0.6 is 7.82 Å². The standard InChI is InChI=1S/C46H88NO8P/c1-3-5-7-9-11-13-15-16-17-18-19-20-21-22-23-24-25-26-27-28-29-31-33-35-37-39-46(49)55-44(43-54-56(50,51)53-41-40-47)42-52-45(48)38-36-34-32-30-14-12-10-8-6-4-2/h15-16,18-19,44H,3-14,17,20-43,47H2,1-2H3,(H,50,51)/b16-15-,19-18-. The molecule has 56 heavy (non-hydrogen) atoms. The molecule has 0 saturated carbocycles. The zero-order valence-electron chi connectivity index (χ0n) is 36.4. The molecule has 9 nitrogen and oxygen atoms in total. The molecule has 0 aliphatic heterocycles. The molecule has 0 amide bonds. The van der Waals surface area contributed by atoms with Crippen LogP contribution in [0.2, 0.25) is 0 Å².